The molecule has 1 atom stereocenters. The molecule has 1 unspecified atom stereocenters. The summed E-state index contributed by atoms with van der Waals surface area (Å²) in [7, 11) is 0. The number of para-hydroxylation sites is 1. The minimum atomic E-state index is -0.372. The maximum absolute atomic E-state index is 13.2. The summed E-state index contributed by atoms with van der Waals surface area (Å²) in [6.07, 6.45) is 0.561. The zero-order valence-corrected chi connectivity index (χ0v) is 17.8. The van der Waals surface area contributed by atoms with Crippen molar-refractivity contribution in [1.29, 1.82) is 0 Å². The van der Waals surface area contributed by atoms with Gasteiger partial charge in [-0.1, -0.05) is 76.6 Å². The molecule has 0 saturated heterocycles. The molecule has 0 bridgehead atoms. The lowest BCUT2D eigenvalue weighted by atomic mass is 10.0. The van der Waals surface area contributed by atoms with Gasteiger partial charge in [-0.15, -0.1) is 0 Å². The maximum Gasteiger partial charge on any atom is 0.252 e. The van der Waals surface area contributed by atoms with Crippen LogP contribution in [-0.4, -0.2) is 28.6 Å². The van der Waals surface area contributed by atoms with Crippen LogP contribution >= 0.6 is 15.9 Å². The Morgan fingerprint density at radius 3 is 2.40 bits per heavy atom. The third-order valence-corrected chi connectivity index (χ3v) is 5.51. The quantitative estimate of drug-likeness (QED) is 0.425. The molecule has 0 radical (unpaired) electrons. The van der Waals surface area contributed by atoms with E-state index in [1.54, 1.807) is 0 Å². The average Bonchev–Trinajstić information content (AvgIpc) is 2.79. The number of nitrogens with zero attached hydrogens (tertiary/aromatic N) is 1. The van der Waals surface area contributed by atoms with Crippen molar-refractivity contribution in [2.24, 2.45) is 0 Å². The highest BCUT2D eigenvalue weighted by Crippen LogP contribution is 2.26. The van der Waals surface area contributed by atoms with Crippen molar-refractivity contribution >= 4 is 32.7 Å². The average molecular weight is 461 g/mol. The fourth-order valence-electron chi connectivity index (χ4n) is 3.45. The number of fused-ring (bicyclic) bond motifs is 1. The first-order valence-electron chi connectivity index (χ1n) is 9.75. The molecule has 5 heteroatoms. The van der Waals surface area contributed by atoms with Gasteiger partial charge in [-0.2, -0.15) is 0 Å². The van der Waals surface area contributed by atoms with Gasteiger partial charge in [-0.3, -0.25) is 4.79 Å². The monoisotopic (exact) mass is 460 g/mol. The molecule has 4 rings (SSSR count). The number of aliphatic hydroxyl groups excluding tert-OH is 1. The molecule has 0 spiro atoms. The van der Waals surface area contributed by atoms with Crippen LogP contribution in [-0.2, 0) is 6.42 Å². The second-order valence-corrected chi connectivity index (χ2v) is 8.04. The van der Waals surface area contributed by atoms with Gasteiger partial charge in [0.15, 0.2) is 0 Å². The summed E-state index contributed by atoms with van der Waals surface area (Å²) in [5.41, 5.74) is 4.03. The molecule has 0 saturated carbocycles. The SMILES string of the molecule is O=C(NC(CO)Cc1ccccc1)c1cc(-c2ccc(Br)cc2)nc2ccccc12. The van der Waals surface area contributed by atoms with E-state index in [9.17, 15) is 9.90 Å². The topological polar surface area (TPSA) is 62.2 Å². The van der Waals surface area contributed by atoms with E-state index in [4.69, 9.17) is 4.98 Å². The summed E-state index contributed by atoms with van der Waals surface area (Å²) >= 11 is 3.45. The molecule has 2 N–H and O–H groups in total. The summed E-state index contributed by atoms with van der Waals surface area (Å²) in [5, 5.41) is 13.6. The number of hydrogen-bond acceptors (Lipinski definition) is 3. The van der Waals surface area contributed by atoms with Crippen molar-refractivity contribution in [2.45, 2.75) is 12.5 Å². The second kappa shape index (κ2) is 9.20. The second-order valence-electron chi connectivity index (χ2n) is 7.12. The molecule has 4 nitrogen and oxygen atoms in total. The van der Waals surface area contributed by atoms with Gasteiger partial charge in [-0.05, 0) is 36.2 Å². The first kappa shape index (κ1) is 20.3. The molecule has 0 aliphatic rings. The van der Waals surface area contributed by atoms with Gasteiger partial charge >= 0.3 is 0 Å². The first-order chi connectivity index (χ1) is 14.6. The van der Waals surface area contributed by atoms with Crippen LogP contribution in [0, 0.1) is 0 Å². The standard InChI is InChI=1S/C25H21BrN2O2/c26-19-12-10-18(11-13-19)24-15-22(21-8-4-5-9-23(21)28-24)25(30)27-20(16-29)14-17-6-2-1-3-7-17/h1-13,15,20,29H,14,16H2,(H,27,30). The highest BCUT2D eigenvalue weighted by Gasteiger charge is 2.18. The highest BCUT2D eigenvalue weighted by atomic mass is 79.9. The zero-order valence-electron chi connectivity index (χ0n) is 16.3. The number of benzene rings is 3. The van der Waals surface area contributed by atoms with Gasteiger partial charge in [0.25, 0.3) is 5.91 Å². The summed E-state index contributed by atoms with van der Waals surface area (Å²) in [6, 6.07) is 26.7. The van der Waals surface area contributed by atoms with Crippen molar-refractivity contribution in [3.63, 3.8) is 0 Å². The van der Waals surface area contributed by atoms with Crippen LogP contribution in [0.15, 0.2) is 89.4 Å². The van der Waals surface area contributed by atoms with E-state index in [2.05, 4.69) is 21.2 Å². The summed E-state index contributed by atoms with van der Waals surface area (Å²) < 4.78 is 0.983. The van der Waals surface area contributed by atoms with E-state index < -0.39 is 0 Å². The number of rotatable bonds is 6. The number of aliphatic hydroxyl groups is 1. The molecule has 4 aromatic rings. The van der Waals surface area contributed by atoms with E-state index in [0.717, 1.165) is 32.2 Å². The van der Waals surface area contributed by atoms with Crippen molar-refractivity contribution in [1.82, 2.24) is 10.3 Å². The lowest BCUT2D eigenvalue weighted by molar-refractivity contribution is 0.0918. The Bertz CT molecular complexity index is 1160. The number of nitrogens with one attached hydrogen (secondary N) is 1. The molecule has 3 aromatic carbocycles. The van der Waals surface area contributed by atoms with Gasteiger partial charge in [-0.25, -0.2) is 4.98 Å². The fraction of sp³-hybridized carbons (Fsp3) is 0.120. The van der Waals surface area contributed by atoms with Gasteiger partial charge < -0.3 is 10.4 Å². The molecular weight excluding hydrogens is 440 g/mol. The molecule has 1 amide bonds. The largest absolute Gasteiger partial charge is 0.394 e. The Morgan fingerprint density at radius 1 is 0.967 bits per heavy atom. The number of halogens is 1. The molecule has 150 valence electrons. The molecular formula is C25H21BrN2O2. The summed E-state index contributed by atoms with van der Waals surface area (Å²) in [4.78, 5) is 17.9. The first-order valence-corrected chi connectivity index (χ1v) is 10.5. The van der Waals surface area contributed by atoms with Gasteiger partial charge in [0.2, 0.25) is 0 Å². The molecule has 0 aliphatic carbocycles. The van der Waals surface area contributed by atoms with Crippen LogP contribution in [0.3, 0.4) is 0 Å². The molecule has 0 aliphatic heterocycles. The van der Waals surface area contributed by atoms with E-state index in [1.807, 2.05) is 84.9 Å². The van der Waals surface area contributed by atoms with Crippen LogP contribution in [0.25, 0.3) is 22.2 Å². The number of pyridine rings is 1. The number of hydrogen-bond donors (Lipinski definition) is 2. The third kappa shape index (κ3) is 4.58. The fourth-order valence-corrected chi connectivity index (χ4v) is 3.72. The van der Waals surface area contributed by atoms with Gasteiger partial charge in [0.1, 0.15) is 0 Å². The van der Waals surface area contributed by atoms with Crippen molar-refractivity contribution < 1.29 is 9.90 Å². The van der Waals surface area contributed by atoms with Crippen LogP contribution in [0.5, 0.6) is 0 Å². The Morgan fingerprint density at radius 2 is 1.67 bits per heavy atom. The van der Waals surface area contributed by atoms with Crippen molar-refractivity contribution in [3.05, 3.63) is 101 Å². The predicted molar refractivity (Wildman–Crippen MR) is 123 cm³/mol. The van der Waals surface area contributed by atoms with E-state index in [0.29, 0.717) is 12.0 Å². The van der Waals surface area contributed by atoms with Crippen LogP contribution < -0.4 is 5.32 Å². The minimum Gasteiger partial charge on any atom is -0.394 e. The Labute approximate surface area is 183 Å². The highest BCUT2D eigenvalue weighted by molar-refractivity contribution is 9.10. The Hall–Kier alpha value is -3.02. The van der Waals surface area contributed by atoms with Gasteiger partial charge in [0, 0.05) is 15.4 Å². The molecule has 0 fully saturated rings. The number of carbonyl (C=O) groups excluding carboxylic acids is 1. The minimum absolute atomic E-state index is 0.136. The predicted octanol–water partition coefficient (Wildman–Crippen LogP) is 5.00. The normalized spacial score (nSPS) is 11.9. The third-order valence-electron chi connectivity index (χ3n) is 4.98. The van der Waals surface area contributed by atoms with E-state index in [1.165, 1.54) is 0 Å². The molecule has 1 aromatic heterocycles. The van der Waals surface area contributed by atoms with Crippen LogP contribution in [0.4, 0.5) is 0 Å². The number of aromatic nitrogens is 1. The van der Waals surface area contributed by atoms with Gasteiger partial charge in [0.05, 0.1) is 29.4 Å². The van der Waals surface area contributed by atoms with E-state index >= 15 is 0 Å². The van der Waals surface area contributed by atoms with Crippen molar-refractivity contribution in [2.75, 3.05) is 6.61 Å². The lowest BCUT2D eigenvalue weighted by Gasteiger charge is -2.18. The molecule has 1 heterocycles. The summed E-state index contributed by atoms with van der Waals surface area (Å²) in [5.74, 6) is -0.220. The Kier molecular flexibility index (Phi) is 6.21. The number of carbonyl (C=O) groups is 1. The van der Waals surface area contributed by atoms with E-state index in [-0.39, 0.29) is 18.6 Å². The maximum atomic E-state index is 13.2. The Balaban J connectivity index is 1.67. The van der Waals surface area contributed by atoms with Crippen LogP contribution in [0.2, 0.25) is 0 Å². The zero-order chi connectivity index (χ0) is 20.9. The van der Waals surface area contributed by atoms with Crippen LogP contribution in [0.1, 0.15) is 15.9 Å². The van der Waals surface area contributed by atoms with Crippen molar-refractivity contribution in [3.8, 4) is 11.3 Å². The summed E-state index contributed by atoms with van der Waals surface area (Å²) in [6.45, 7) is -0.136. The number of amides is 1. The smallest absolute Gasteiger partial charge is 0.252 e. The lowest BCUT2D eigenvalue weighted by Crippen LogP contribution is -2.39. The molecule has 30 heavy (non-hydrogen) atoms.